The summed E-state index contributed by atoms with van der Waals surface area (Å²) in [6.07, 6.45) is 1.87. The number of aromatic nitrogens is 4. The van der Waals surface area contributed by atoms with E-state index in [1.165, 1.54) is 21.8 Å². The third kappa shape index (κ3) is 2.06. The lowest BCUT2D eigenvalue weighted by Crippen LogP contribution is -2.00. The molecule has 4 nitrogen and oxygen atoms in total. The van der Waals surface area contributed by atoms with E-state index < -0.39 is 0 Å². The molecule has 0 N–H and O–H groups in total. The van der Waals surface area contributed by atoms with Crippen LogP contribution in [0.15, 0.2) is 30.5 Å². The van der Waals surface area contributed by atoms with Gasteiger partial charge in [-0.2, -0.15) is 5.10 Å². The van der Waals surface area contributed by atoms with Crippen molar-refractivity contribution in [3.63, 3.8) is 0 Å². The van der Waals surface area contributed by atoms with Crippen molar-refractivity contribution in [2.75, 3.05) is 0 Å². The molecule has 0 aliphatic carbocycles. The number of nitrogens with zero attached hydrogens (tertiary/aromatic N) is 4. The predicted octanol–water partition coefficient (Wildman–Crippen LogP) is 4.88. The average molecular weight is 339 g/mol. The Morgan fingerprint density at radius 3 is 2.54 bits per heavy atom. The fourth-order valence-electron chi connectivity index (χ4n) is 3.70. The molecular weight excluding hydrogens is 320 g/mol. The second-order valence-electron chi connectivity index (χ2n) is 6.18. The first-order valence-corrected chi connectivity index (χ1v) is 8.47. The lowest BCUT2D eigenvalue weighted by atomic mass is 10.1. The van der Waals surface area contributed by atoms with Crippen molar-refractivity contribution in [1.29, 1.82) is 0 Å². The van der Waals surface area contributed by atoms with E-state index in [4.69, 9.17) is 11.6 Å². The van der Waals surface area contributed by atoms with E-state index in [0.717, 1.165) is 34.2 Å². The molecule has 0 aliphatic rings. The Labute approximate surface area is 145 Å². The number of aryl methyl sites for hydroxylation is 4. The van der Waals surface area contributed by atoms with Gasteiger partial charge in [0.05, 0.1) is 28.1 Å². The van der Waals surface area contributed by atoms with Crippen LogP contribution in [0.4, 0.5) is 0 Å². The van der Waals surface area contributed by atoms with Crippen LogP contribution in [-0.4, -0.2) is 19.3 Å². The lowest BCUT2D eigenvalue weighted by Gasteiger charge is -2.10. The first kappa shape index (κ1) is 15.2. The number of hydrogen-bond acceptors (Lipinski definition) is 2. The Hall–Kier alpha value is -2.33. The van der Waals surface area contributed by atoms with Gasteiger partial charge in [0.1, 0.15) is 0 Å². The van der Waals surface area contributed by atoms with Gasteiger partial charge in [-0.25, -0.2) is 0 Å². The summed E-state index contributed by atoms with van der Waals surface area (Å²) in [5, 5.41) is 7.60. The van der Waals surface area contributed by atoms with Crippen LogP contribution in [0.2, 0.25) is 5.02 Å². The highest BCUT2D eigenvalue weighted by molar-refractivity contribution is 6.32. The van der Waals surface area contributed by atoms with Gasteiger partial charge in [-0.05, 0) is 45.0 Å². The topological polar surface area (TPSA) is 35.6 Å². The highest BCUT2D eigenvalue weighted by Gasteiger charge is 2.19. The van der Waals surface area contributed by atoms with Crippen molar-refractivity contribution < 1.29 is 0 Å². The quantitative estimate of drug-likeness (QED) is 0.522. The van der Waals surface area contributed by atoms with E-state index in [9.17, 15) is 0 Å². The summed E-state index contributed by atoms with van der Waals surface area (Å²) in [7, 11) is 1.97. The predicted molar refractivity (Wildman–Crippen MR) is 99.6 cm³/mol. The van der Waals surface area contributed by atoms with Crippen molar-refractivity contribution in [1.82, 2.24) is 19.3 Å². The minimum absolute atomic E-state index is 0.737. The number of benzene rings is 1. The van der Waals surface area contributed by atoms with Crippen LogP contribution in [0.3, 0.4) is 0 Å². The van der Waals surface area contributed by atoms with Gasteiger partial charge in [0.15, 0.2) is 0 Å². The number of hydrogen-bond donors (Lipinski definition) is 0. The molecule has 0 bridgehead atoms. The Morgan fingerprint density at radius 1 is 1.08 bits per heavy atom. The molecule has 24 heavy (non-hydrogen) atoms. The fourth-order valence-corrected chi connectivity index (χ4v) is 3.92. The van der Waals surface area contributed by atoms with E-state index in [1.54, 1.807) is 0 Å². The summed E-state index contributed by atoms with van der Waals surface area (Å²) in [4.78, 5) is 4.49. The first-order chi connectivity index (χ1) is 11.5. The molecule has 0 atom stereocenters. The van der Waals surface area contributed by atoms with Gasteiger partial charge in [-0.15, -0.1) is 0 Å². The number of pyridine rings is 1. The smallest absolute Gasteiger partial charge is 0.0707 e. The van der Waals surface area contributed by atoms with Gasteiger partial charge in [-0.1, -0.05) is 11.6 Å². The molecule has 1 aromatic carbocycles. The van der Waals surface area contributed by atoms with Crippen LogP contribution < -0.4 is 0 Å². The molecule has 0 saturated carbocycles. The third-order valence-corrected chi connectivity index (χ3v) is 4.82. The van der Waals surface area contributed by atoms with Gasteiger partial charge < -0.3 is 4.57 Å². The number of fused-ring (bicyclic) bond motifs is 3. The summed E-state index contributed by atoms with van der Waals surface area (Å²) in [6.45, 7) is 7.10. The highest BCUT2D eigenvalue weighted by atomic mass is 35.5. The maximum Gasteiger partial charge on any atom is 0.0707 e. The Bertz CT molecular complexity index is 1090. The molecule has 0 fully saturated rings. The third-order valence-electron chi connectivity index (χ3n) is 4.61. The molecule has 0 radical (unpaired) electrons. The maximum atomic E-state index is 6.47. The molecular formula is C19H19ClN4. The van der Waals surface area contributed by atoms with Gasteiger partial charge in [0, 0.05) is 41.1 Å². The minimum atomic E-state index is 0.737. The SMILES string of the molecule is CCn1c2c(-c3cc(C)nn3C)cc(Cl)cc2c2ccnc(C)c21. The zero-order chi connectivity index (χ0) is 17.0. The largest absolute Gasteiger partial charge is 0.339 e. The van der Waals surface area contributed by atoms with Crippen molar-refractivity contribution in [2.24, 2.45) is 7.05 Å². The second kappa shape index (κ2) is 5.35. The Balaban J connectivity index is 2.25. The summed E-state index contributed by atoms with van der Waals surface area (Å²) < 4.78 is 4.25. The van der Waals surface area contributed by atoms with Gasteiger partial charge in [0.2, 0.25) is 0 Å². The van der Waals surface area contributed by atoms with Crippen LogP contribution in [0.25, 0.3) is 33.1 Å². The molecule has 3 heterocycles. The fraction of sp³-hybridized carbons (Fsp3) is 0.263. The molecule has 3 aromatic heterocycles. The van der Waals surface area contributed by atoms with E-state index >= 15 is 0 Å². The summed E-state index contributed by atoms with van der Waals surface area (Å²) in [5.41, 5.74) is 6.58. The van der Waals surface area contributed by atoms with Crippen molar-refractivity contribution in [3.05, 3.63) is 46.9 Å². The van der Waals surface area contributed by atoms with E-state index in [0.29, 0.717) is 0 Å². The summed E-state index contributed by atoms with van der Waals surface area (Å²) in [5.74, 6) is 0. The Morgan fingerprint density at radius 2 is 1.88 bits per heavy atom. The first-order valence-electron chi connectivity index (χ1n) is 8.09. The van der Waals surface area contributed by atoms with Gasteiger partial charge >= 0.3 is 0 Å². The van der Waals surface area contributed by atoms with Crippen LogP contribution in [0.5, 0.6) is 0 Å². The van der Waals surface area contributed by atoms with Crippen LogP contribution in [-0.2, 0) is 13.6 Å². The molecule has 0 spiro atoms. The highest BCUT2D eigenvalue weighted by Crippen LogP contribution is 2.38. The van der Waals surface area contributed by atoms with Crippen molar-refractivity contribution in [3.8, 4) is 11.3 Å². The van der Waals surface area contributed by atoms with E-state index in [1.807, 2.05) is 30.9 Å². The normalized spacial score (nSPS) is 11.7. The van der Waals surface area contributed by atoms with Crippen LogP contribution in [0, 0.1) is 13.8 Å². The molecule has 4 aromatic rings. The lowest BCUT2D eigenvalue weighted by molar-refractivity contribution is 0.763. The molecule has 5 heteroatoms. The summed E-state index contributed by atoms with van der Waals surface area (Å²) in [6, 6.07) is 8.27. The van der Waals surface area contributed by atoms with E-state index in [2.05, 4.69) is 46.7 Å². The van der Waals surface area contributed by atoms with Gasteiger partial charge in [0.25, 0.3) is 0 Å². The minimum Gasteiger partial charge on any atom is -0.339 e. The molecule has 0 aliphatic heterocycles. The molecule has 4 rings (SSSR count). The zero-order valence-corrected chi connectivity index (χ0v) is 15.0. The van der Waals surface area contributed by atoms with E-state index in [-0.39, 0.29) is 0 Å². The molecule has 0 amide bonds. The summed E-state index contributed by atoms with van der Waals surface area (Å²) >= 11 is 6.47. The van der Waals surface area contributed by atoms with Crippen LogP contribution >= 0.6 is 11.6 Å². The van der Waals surface area contributed by atoms with Crippen molar-refractivity contribution >= 4 is 33.4 Å². The number of halogens is 1. The second-order valence-corrected chi connectivity index (χ2v) is 6.62. The average Bonchev–Trinajstić information content (AvgIpc) is 3.04. The standard InChI is InChI=1S/C19H19ClN4/c1-5-24-18-12(3)21-7-6-14(18)15-9-13(20)10-16(19(15)24)17-8-11(2)22-23(17)4/h6-10H,5H2,1-4H3. The van der Waals surface area contributed by atoms with Gasteiger partial charge in [-0.3, -0.25) is 9.67 Å². The molecule has 0 unspecified atom stereocenters. The zero-order valence-electron chi connectivity index (χ0n) is 14.3. The Kier molecular flexibility index (Phi) is 3.39. The van der Waals surface area contributed by atoms with Crippen molar-refractivity contribution in [2.45, 2.75) is 27.3 Å². The monoisotopic (exact) mass is 338 g/mol. The number of rotatable bonds is 2. The molecule has 0 saturated heterocycles. The van der Waals surface area contributed by atoms with Crippen LogP contribution in [0.1, 0.15) is 18.3 Å². The molecule has 122 valence electrons. The maximum absolute atomic E-state index is 6.47.